The number of nitrogens with zero attached hydrogens (tertiary/aromatic N) is 2. The molecule has 1 heterocycles. The molecule has 4 heteroatoms. The van der Waals surface area contributed by atoms with Gasteiger partial charge in [-0.15, -0.1) is 0 Å². The van der Waals surface area contributed by atoms with Gasteiger partial charge in [-0.2, -0.15) is 0 Å². The second-order valence-electron chi connectivity index (χ2n) is 5.90. The van der Waals surface area contributed by atoms with Crippen LogP contribution in [0.1, 0.15) is 44.2 Å². The molecule has 4 nitrogen and oxygen atoms in total. The monoisotopic (exact) mass is 260 g/mol. The smallest absolute Gasteiger partial charge is 0.235 e. The summed E-state index contributed by atoms with van der Waals surface area (Å²) in [6.45, 7) is 6.70. The van der Waals surface area contributed by atoms with Gasteiger partial charge >= 0.3 is 0 Å². The number of hydrogen-bond donors (Lipinski definition) is 0. The van der Waals surface area contributed by atoms with Crippen LogP contribution in [0.3, 0.4) is 0 Å². The molecular formula is C15H20N2O2. The van der Waals surface area contributed by atoms with E-state index in [0.717, 1.165) is 18.2 Å². The number of rotatable bonds is 2. The highest BCUT2D eigenvalue weighted by Gasteiger charge is 2.33. The minimum Gasteiger partial charge on any atom is -0.369 e. The van der Waals surface area contributed by atoms with Gasteiger partial charge in [0.15, 0.2) is 0 Å². The Labute approximate surface area is 113 Å². The molecule has 1 atom stereocenters. The topological polar surface area (TPSA) is 46.4 Å². The zero-order valence-electron chi connectivity index (χ0n) is 11.9. The van der Waals surface area contributed by atoms with Crippen molar-refractivity contribution in [1.82, 2.24) is 0 Å². The van der Waals surface area contributed by atoms with Gasteiger partial charge in [-0.3, -0.25) is 10.1 Å². The van der Waals surface area contributed by atoms with E-state index in [2.05, 4.69) is 44.9 Å². The van der Waals surface area contributed by atoms with Crippen molar-refractivity contribution in [3.8, 4) is 0 Å². The molecule has 0 unspecified atom stereocenters. The first-order valence-electron chi connectivity index (χ1n) is 6.51. The quantitative estimate of drug-likeness (QED) is 0.602. The third-order valence-corrected chi connectivity index (χ3v) is 4.05. The molecule has 19 heavy (non-hydrogen) atoms. The van der Waals surface area contributed by atoms with Gasteiger partial charge in [-0.25, -0.2) is 0 Å². The third kappa shape index (κ3) is 2.62. The van der Waals surface area contributed by atoms with Crippen LogP contribution in [-0.2, 0) is 0 Å². The van der Waals surface area contributed by atoms with E-state index in [9.17, 15) is 10.1 Å². The first kappa shape index (κ1) is 13.6. The second-order valence-corrected chi connectivity index (χ2v) is 5.90. The maximum absolute atomic E-state index is 10.4. The molecule has 0 N–H and O–H groups in total. The van der Waals surface area contributed by atoms with Crippen LogP contribution in [0.4, 0.5) is 5.69 Å². The zero-order valence-corrected chi connectivity index (χ0v) is 11.9. The Morgan fingerprint density at radius 3 is 2.79 bits per heavy atom. The summed E-state index contributed by atoms with van der Waals surface area (Å²) in [6.07, 6.45) is 3.62. The molecule has 0 bridgehead atoms. The molecule has 1 aromatic rings. The molecule has 0 amide bonds. The molecule has 0 saturated carbocycles. The van der Waals surface area contributed by atoms with Crippen LogP contribution in [-0.4, -0.2) is 17.5 Å². The lowest BCUT2D eigenvalue weighted by molar-refractivity contribution is -0.400. The first-order valence-corrected chi connectivity index (χ1v) is 6.51. The molecule has 1 aliphatic heterocycles. The minimum absolute atomic E-state index is 0.143. The fourth-order valence-electron chi connectivity index (χ4n) is 2.85. The Morgan fingerprint density at radius 1 is 1.47 bits per heavy atom. The first-order chi connectivity index (χ1) is 8.81. The average Bonchev–Trinajstić information content (AvgIpc) is 2.33. The molecule has 0 saturated heterocycles. The summed E-state index contributed by atoms with van der Waals surface area (Å²) < 4.78 is 0. The minimum atomic E-state index is -0.432. The predicted octanol–water partition coefficient (Wildman–Crippen LogP) is 3.66. The van der Waals surface area contributed by atoms with Crippen LogP contribution < -0.4 is 4.90 Å². The van der Waals surface area contributed by atoms with E-state index in [1.165, 1.54) is 11.3 Å². The van der Waals surface area contributed by atoms with Crippen LogP contribution in [0.2, 0.25) is 0 Å². The highest BCUT2D eigenvalue weighted by Crippen LogP contribution is 2.42. The summed E-state index contributed by atoms with van der Waals surface area (Å²) in [5.41, 5.74) is 3.52. The summed E-state index contributed by atoms with van der Waals surface area (Å²) in [5, 5.41) is 10.4. The Bertz CT molecular complexity index is 535. The number of nitro groups is 1. The molecule has 0 aromatic heterocycles. The maximum Gasteiger partial charge on any atom is 0.235 e. The van der Waals surface area contributed by atoms with Gasteiger partial charge in [0.25, 0.3) is 0 Å². The zero-order chi connectivity index (χ0) is 14.2. The van der Waals surface area contributed by atoms with Gasteiger partial charge in [0.1, 0.15) is 0 Å². The van der Waals surface area contributed by atoms with Gasteiger partial charge in [0, 0.05) is 24.4 Å². The second kappa shape index (κ2) is 4.68. The van der Waals surface area contributed by atoms with Gasteiger partial charge in [-0.1, -0.05) is 13.0 Å². The van der Waals surface area contributed by atoms with Gasteiger partial charge in [-0.05, 0) is 49.4 Å². The van der Waals surface area contributed by atoms with E-state index >= 15 is 0 Å². The van der Waals surface area contributed by atoms with Crippen molar-refractivity contribution in [1.29, 1.82) is 0 Å². The van der Waals surface area contributed by atoms with E-state index in [-0.39, 0.29) is 5.54 Å². The van der Waals surface area contributed by atoms with Crippen LogP contribution in [0, 0.1) is 10.1 Å². The summed E-state index contributed by atoms with van der Waals surface area (Å²) in [5.74, 6) is 0.463. The number of hydrogen-bond acceptors (Lipinski definition) is 3. The fourth-order valence-corrected chi connectivity index (χ4v) is 2.85. The van der Waals surface area contributed by atoms with Gasteiger partial charge in [0.05, 0.1) is 4.92 Å². The van der Waals surface area contributed by atoms with Crippen molar-refractivity contribution in [2.45, 2.75) is 38.6 Å². The predicted molar refractivity (Wildman–Crippen MR) is 78.0 cm³/mol. The third-order valence-electron chi connectivity index (χ3n) is 4.05. The van der Waals surface area contributed by atoms with Crippen LogP contribution in [0.15, 0.2) is 24.4 Å². The van der Waals surface area contributed by atoms with Crippen molar-refractivity contribution >= 4 is 11.8 Å². The molecule has 2 rings (SSSR count). The van der Waals surface area contributed by atoms with Crippen LogP contribution >= 0.6 is 0 Å². The molecule has 0 spiro atoms. The highest BCUT2D eigenvalue weighted by molar-refractivity contribution is 5.64. The Hall–Kier alpha value is -1.84. The summed E-state index contributed by atoms with van der Waals surface area (Å²) in [7, 11) is 2.11. The van der Waals surface area contributed by atoms with Crippen molar-refractivity contribution in [3.05, 3.63) is 45.6 Å². The molecular weight excluding hydrogens is 240 g/mol. The summed E-state index contributed by atoms with van der Waals surface area (Å²) in [4.78, 5) is 12.2. The standard InChI is InChI=1S/C15H20N2O2/c1-11-10-15(2,3)16(4)14-6-5-12(9-13(11)14)7-8-17(18)19/h5-9,11H,10H2,1-4H3/b8-7-/t11-/m0/s1. The van der Waals surface area contributed by atoms with Crippen molar-refractivity contribution < 1.29 is 4.92 Å². The van der Waals surface area contributed by atoms with Crippen LogP contribution in [0.25, 0.3) is 6.08 Å². The normalized spacial score (nSPS) is 21.5. The molecule has 1 aliphatic rings. The number of fused-ring (bicyclic) bond motifs is 1. The van der Waals surface area contributed by atoms with E-state index in [0.29, 0.717) is 5.92 Å². The summed E-state index contributed by atoms with van der Waals surface area (Å²) >= 11 is 0. The lowest BCUT2D eigenvalue weighted by Gasteiger charge is -2.45. The van der Waals surface area contributed by atoms with E-state index < -0.39 is 4.92 Å². The maximum atomic E-state index is 10.4. The summed E-state index contributed by atoms with van der Waals surface area (Å²) in [6, 6.07) is 6.06. The molecule has 0 fully saturated rings. The number of anilines is 1. The van der Waals surface area contributed by atoms with Gasteiger partial charge < -0.3 is 4.90 Å². The van der Waals surface area contributed by atoms with Gasteiger partial charge in [0.2, 0.25) is 6.20 Å². The van der Waals surface area contributed by atoms with Crippen molar-refractivity contribution in [3.63, 3.8) is 0 Å². The van der Waals surface area contributed by atoms with Crippen molar-refractivity contribution in [2.24, 2.45) is 0 Å². The van der Waals surface area contributed by atoms with E-state index in [1.807, 2.05) is 6.07 Å². The Kier molecular flexibility index (Phi) is 3.35. The lowest BCUT2D eigenvalue weighted by atomic mass is 9.80. The fraction of sp³-hybridized carbons (Fsp3) is 0.467. The molecule has 0 aliphatic carbocycles. The molecule has 1 aromatic carbocycles. The highest BCUT2D eigenvalue weighted by atomic mass is 16.6. The van der Waals surface area contributed by atoms with Crippen LogP contribution in [0.5, 0.6) is 0 Å². The molecule has 0 radical (unpaired) electrons. The number of benzene rings is 1. The SMILES string of the molecule is C[C@H]1CC(C)(C)N(C)c2ccc(/C=C\[N+](=O)[O-])cc21. The van der Waals surface area contributed by atoms with E-state index in [4.69, 9.17) is 0 Å². The Morgan fingerprint density at radius 2 is 2.16 bits per heavy atom. The Balaban J connectivity index is 2.41. The van der Waals surface area contributed by atoms with E-state index in [1.54, 1.807) is 6.08 Å². The average molecular weight is 260 g/mol. The van der Waals surface area contributed by atoms with Crippen molar-refractivity contribution in [2.75, 3.05) is 11.9 Å². The molecule has 102 valence electrons. The largest absolute Gasteiger partial charge is 0.369 e. The lowest BCUT2D eigenvalue weighted by Crippen LogP contribution is -2.45.